The molecule has 0 aliphatic heterocycles. The molecule has 2 N–H and O–H groups in total. The number of carbonyl (C=O) groups is 1. The number of hydrogen-bond acceptors (Lipinski definition) is 3. The van der Waals surface area contributed by atoms with Crippen LogP contribution < -0.4 is 5.32 Å². The van der Waals surface area contributed by atoms with Crippen molar-refractivity contribution < 1.29 is 9.90 Å². The average molecular weight is 267 g/mol. The minimum atomic E-state index is -0.162. The topological polar surface area (TPSA) is 62.2 Å². The number of aliphatic hydroxyl groups is 1. The van der Waals surface area contributed by atoms with E-state index in [9.17, 15) is 4.79 Å². The maximum atomic E-state index is 11.5. The third kappa shape index (κ3) is 3.55. The molecule has 96 valence electrons. The van der Waals surface area contributed by atoms with Gasteiger partial charge in [-0.25, -0.2) is 4.98 Å². The molecule has 0 aromatic carbocycles. The van der Waals surface area contributed by atoms with Crippen molar-refractivity contribution in [3.05, 3.63) is 35.1 Å². The van der Waals surface area contributed by atoms with E-state index in [-0.39, 0.29) is 17.9 Å². The molecule has 1 aromatic rings. The van der Waals surface area contributed by atoms with E-state index < -0.39 is 0 Å². The molecule has 18 heavy (non-hydrogen) atoms. The van der Waals surface area contributed by atoms with E-state index in [1.807, 2.05) is 0 Å². The Kier molecular flexibility index (Phi) is 3.99. The third-order valence-electron chi connectivity index (χ3n) is 3.11. The first-order valence-electron chi connectivity index (χ1n) is 5.82. The van der Waals surface area contributed by atoms with Gasteiger partial charge in [-0.3, -0.25) is 4.79 Å². The number of amides is 1. The molecular formula is C13H15ClN2O2. The molecule has 0 spiro atoms. The molecule has 4 nitrogen and oxygen atoms in total. The second-order valence-electron chi connectivity index (χ2n) is 4.62. The van der Waals surface area contributed by atoms with E-state index in [2.05, 4.69) is 10.3 Å². The predicted octanol–water partition coefficient (Wildman–Crippen LogP) is 1.64. The Morgan fingerprint density at radius 3 is 2.89 bits per heavy atom. The Morgan fingerprint density at radius 2 is 2.33 bits per heavy atom. The first-order chi connectivity index (χ1) is 8.63. The van der Waals surface area contributed by atoms with Crippen LogP contribution in [0, 0.1) is 5.41 Å². The number of rotatable bonds is 5. The van der Waals surface area contributed by atoms with E-state index in [0.717, 1.165) is 18.4 Å². The van der Waals surface area contributed by atoms with Crippen molar-refractivity contribution in [2.24, 2.45) is 5.41 Å². The van der Waals surface area contributed by atoms with Crippen molar-refractivity contribution in [3.8, 4) is 0 Å². The lowest BCUT2D eigenvalue weighted by Crippen LogP contribution is -2.30. The van der Waals surface area contributed by atoms with Crippen LogP contribution in [0.2, 0.25) is 5.15 Å². The fraction of sp³-hybridized carbons (Fsp3) is 0.385. The van der Waals surface area contributed by atoms with Gasteiger partial charge in [0.1, 0.15) is 5.15 Å². The molecule has 0 saturated heterocycles. The summed E-state index contributed by atoms with van der Waals surface area (Å²) in [5.74, 6) is -0.162. The Bertz CT molecular complexity index is 453. The molecule has 1 fully saturated rings. The van der Waals surface area contributed by atoms with Gasteiger partial charge in [-0.2, -0.15) is 0 Å². The molecule has 1 aliphatic rings. The summed E-state index contributed by atoms with van der Waals surface area (Å²) >= 11 is 5.66. The standard InChI is InChI=1S/C13H15ClN2O2/c14-11-3-1-10(7-15-11)2-4-12(18)16-8-13(9-17)5-6-13/h1-4,7,17H,5-6,8-9H2,(H,16,18)/b4-2+. The number of halogens is 1. The highest BCUT2D eigenvalue weighted by Crippen LogP contribution is 2.44. The summed E-state index contributed by atoms with van der Waals surface area (Å²) in [4.78, 5) is 15.5. The molecule has 1 saturated carbocycles. The van der Waals surface area contributed by atoms with Gasteiger partial charge < -0.3 is 10.4 Å². The fourth-order valence-corrected chi connectivity index (χ4v) is 1.67. The molecule has 5 heteroatoms. The largest absolute Gasteiger partial charge is 0.396 e. The number of aromatic nitrogens is 1. The smallest absolute Gasteiger partial charge is 0.244 e. The maximum Gasteiger partial charge on any atom is 0.244 e. The van der Waals surface area contributed by atoms with Crippen LogP contribution in [-0.4, -0.2) is 29.1 Å². The van der Waals surface area contributed by atoms with Crippen molar-refractivity contribution >= 4 is 23.6 Å². The molecule has 0 bridgehead atoms. The zero-order valence-corrected chi connectivity index (χ0v) is 10.7. The number of nitrogens with zero attached hydrogens (tertiary/aromatic N) is 1. The number of pyridine rings is 1. The van der Waals surface area contributed by atoms with Gasteiger partial charge in [0.2, 0.25) is 5.91 Å². The zero-order chi connectivity index (χ0) is 13.0. The van der Waals surface area contributed by atoms with Crippen LogP contribution >= 0.6 is 11.6 Å². The summed E-state index contributed by atoms with van der Waals surface area (Å²) in [6.07, 6.45) is 6.70. The van der Waals surface area contributed by atoms with E-state index in [1.165, 1.54) is 6.08 Å². The first kappa shape index (κ1) is 13.1. The Labute approximate surface area is 111 Å². The molecule has 1 amide bonds. The molecule has 2 rings (SSSR count). The van der Waals surface area contributed by atoms with Crippen molar-refractivity contribution in [2.75, 3.05) is 13.2 Å². The Hall–Kier alpha value is -1.39. The van der Waals surface area contributed by atoms with Crippen molar-refractivity contribution in [2.45, 2.75) is 12.8 Å². The van der Waals surface area contributed by atoms with Crippen molar-refractivity contribution in [1.29, 1.82) is 0 Å². The quantitative estimate of drug-likeness (QED) is 0.629. The lowest BCUT2D eigenvalue weighted by Gasteiger charge is -2.10. The van der Waals surface area contributed by atoms with Gasteiger partial charge in [0.15, 0.2) is 0 Å². The molecule has 0 radical (unpaired) electrons. The second kappa shape index (κ2) is 5.50. The summed E-state index contributed by atoms with van der Waals surface area (Å²) < 4.78 is 0. The highest BCUT2D eigenvalue weighted by atomic mass is 35.5. The lowest BCUT2D eigenvalue weighted by atomic mass is 10.1. The summed E-state index contributed by atoms with van der Waals surface area (Å²) in [6, 6.07) is 3.46. The lowest BCUT2D eigenvalue weighted by molar-refractivity contribution is -0.116. The maximum absolute atomic E-state index is 11.5. The molecule has 1 heterocycles. The third-order valence-corrected chi connectivity index (χ3v) is 3.33. The van der Waals surface area contributed by atoms with E-state index in [4.69, 9.17) is 16.7 Å². The number of aliphatic hydroxyl groups excluding tert-OH is 1. The van der Waals surface area contributed by atoms with Gasteiger partial charge in [0.05, 0.1) is 6.61 Å². The van der Waals surface area contributed by atoms with Gasteiger partial charge in [-0.05, 0) is 30.5 Å². The van der Waals surface area contributed by atoms with Gasteiger partial charge in [0, 0.05) is 24.2 Å². The Morgan fingerprint density at radius 1 is 1.56 bits per heavy atom. The fourth-order valence-electron chi connectivity index (χ4n) is 1.56. The van der Waals surface area contributed by atoms with E-state index >= 15 is 0 Å². The molecule has 0 atom stereocenters. The van der Waals surface area contributed by atoms with E-state index in [0.29, 0.717) is 11.7 Å². The summed E-state index contributed by atoms with van der Waals surface area (Å²) in [7, 11) is 0. The van der Waals surface area contributed by atoms with Crippen molar-refractivity contribution in [3.63, 3.8) is 0 Å². The van der Waals surface area contributed by atoms with Gasteiger partial charge in [-0.1, -0.05) is 17.7 Å². The highest BCUT2D eigenvalue weighted by Gasteiger charge is 2.41. The van der Waals surface area contributed by atoms with Gasteiger partial charge >= 0.3 is 0 Å². The van der Waals surface area contributed by atoms with Crippen molar-refractivity contribution in [1.82, 2.24) is 10.3 Å². The monoisotopic (exact) mass is 266 g/mol. The zero-order valence-electron chi connectivity index (χ0n) is 9.90. The predicted molar refractivity (Wildman–Crippen MR) is 70.0 cm³/mol. The number of nitrogens with one attached hydrogen (secondary N) is 1. The number of carbonyl (C=O) groups excluding carboxylic acids is 1. The molecule has 0 unspecified atom stereocenters. The average Bonchev–Trinajstić information content (AvgIpc) is 3.16. The van der Waals surface area contributed by atoms with Crippen LogP contribution in [0.3, 0.4) is 0 Å². The first-order valence-corrected chi connectivity index (χ1v) is 6.20. The number of hydrogen-bond donors (Lipinski definition) is 2. The second-order valence-corrected chi connectivity index (χ2v) is 5.01. The van der Waals surface area contributed by atoms with Gasteiger partial charge in [-0.15, -0.1) is 0 Å². The normalized spacial score (nSPS) is 16.8. The van der Waals surface area contributed by atoms with Crippen LogP contribution in [0.1, 0.15) is 18.4 Å². The molecular weight excluding hydrogens is 252 g/mol. The minimum absolute atomic E-state index is 0.0642. The molecule has 1 aromatic heterocycles. The van der Waals surface area contributed by atoms with Crippen LogP contribution in [0.15, 0.2) is 24.4 Å². The SMILES string of the molecule is O=C(/C=C/c1ccc(Cl)nc1)NCC1(CO)CC1. The Balaban J connectivity index is 1.81. The van der Waals surface area contributed by atoms with Gasteiger partial charge in [0.25, 0.3) is 0 Å². The van der Waals surface area contributed by atoms with Crippen LogP contribution in [0.25, 0.3) is 6.08 Å². The highest BCUT2D eigenvalue weighted by molar-refractivity contribution is 6.29. The molecule has 1 aliphatic carbocycles. The summed E-state index contributed by atoms with van der Waals surface area (Å²) in [5.41, 5.74) is 0.753. The summed E-state index contributed by atoms with van der Waals surface area (Å²) in [5, 5.41) is 12.3. The van der Waals surface area contributed by atoms with Crippen LogP contribution in [0.5, 0.6) is 0 Å². The summed E-state index contributed by atoms with van der Waals surface area (Å²) in [6.45, 7) is 0.670. The van der Waals surface area contributed by atoms with Crippen LogP contribution in [-0.2, 0) is 4.79 Å². The minimum Gasteiger partial charge on any atom is -0.396 e. The van der Waals surface area contributed by atoms with E-state index in [1.54, 1.807) is 24.4 Å². The van der Waals surface area contributed by atoms with Crippen LogP contribution in [0.4, 0.5) is 0 Å².